The van der Waals surface area contributed by atoms with Crippen LogP contribution in [-0.4, -0.2) is 19.5 Å². The van der Waals surface area contributed by atoms with Crippen LogP contribution in [0.1, 0.15) is 46.0 Å². The van der Waals surface area contributed by atoms with Gasteiger partial charge >= 0.3 is 0 Å². The lowest BCUT2D eigenvalue weighted by Gasteiger charge is -2.27. The molecule has 0 N–H and O–H groups in total. The largest absolute Gasteiger partial charge is 0.385 e. The van der Waals surface area contributed by atoms with E-state index in [1.54, 1.807) is 7.11 Å². The van der Waals surface area contributed by atoms with E-state index in [2.05, 4.69) is 6.92 Å². The summed E-state index contributed by atoms with van der Waals surface area (Å²) >= 11 is 0. The number of hydrogen-bond acceptors (Lipinski definition) is 2. The van der Waals surface area contributed by atoms with E-state index < -0.39 is 0 Å². The molecule has 0 aromatic carbocycles. The Labute approximate surface area is 93.4 Å². The topological polar surface area (TPSA) is 26.3 Å². The molecule has 15 heavy (non-hydrogen) atoms. The molecule has 0 spiro atoms. The van der Waals surface area contributed by atoms with Gasteiger partial charge < -0.3 is 4.74 Å². The van der Waals surface area contributed by atoms with Crippen LogP contribution in [0.3, 0.4) is 0 Å². The zero-order chi connectivity index (χ0) is 11.3. The fraction of sp³-hybridized carbons (Fsp3) is 0.923. The van der Waals surface area contributed by atoms with Crippen molar-refractivity contribution >= 4 is 5.78 Å². The van der Waals surface area contributed by atoms with Crippen LogP contribution >= 0.6 is 0 Å². The van der Waals surface area contributed by atoms with Crippen LogP contribution in [0, 0.1) is 17.8 Å². The van der Waals surface area contributed by atoms with Gasteiger partial charge in [0.25, 0.3) is 0 Å². The van der Waals surface area contributed by atoms with Gasteiger partial charge in [-0.25, -0.2) is 0 Å². The molecule has 1 aliphatic carbocycles. The quantitative estimate of drug-likeness (QED) is 0.700. The third-order valence-corrected chi connectivity index (χ3v) is 3.66. The molecule has 1 unspecified atom stereocenters. The van der Waals surface area contributed by atoms with Gasteiger partial charge in [-0.2, -0.15) is 0 Å². The maximum absolute atomic E-state index is 12.1. The fourth-order valence-corrected chi connectivity index (χ4v) is 2.38. The van der Waals surface area contributed by atoms with Gasteiger partial charge in [-0.1, -0.05) is 26.7 Å². The Hall–Kier alpha value is -0.370. The number of rotatable bonds is 5. The third-order valence-electron chi connectivity index (χ3n) is 3.66. The second-order valence-corrected chi connectivity index (χ2v) is 5.04. The Morgan fingerprint density at radius 3 is 2.47 bits per heavy atom. The summed E-state index contributed by atoms with van der Waals surface area (Å²) in [4.78, 5) is 12.1. The van der Waals surface area contributed by atoms with Gasteiger partial charge in [-0.05, 0) is 25.2 Å². The minimum absolute atomic E-state index is 0.184. The van der Waals surface area contributed by atoms with Gasteiger partial charge in [0.2, 0.25) is 0 Å². The van der Waals surface area contributed by atoms with Gasteiger partial charge in [0.05, 0.1) is 0 Å². The summed E-state index contributed by atoms with van der Waals surface area (Å²) < 4.78 is 5.01. The average Bonchev–Trinajstić information content (AvgIpc) is 2.26. The van der Waals surface area contributed by atoms with Gasteiger partial charge in [0.15, 0.2) is 0 Å². The van der Waals surface area contributed by atoms with E-state index in [0.29, 0.717) is 18.3 Å². The number of carbonyl (C=O) groups is 1. The van der Waals surface area contributed by atoms with Crippen LogP contribution in [0.5, 0.6) is 0 Å². The predicted octanol–water partition coefficient (Wildman–Crippen LogP) is 3.05. The van der Waals surface area contributed by atoms with Crippen molar-refractivity contribution < 1.29 is 9.53 Å². The monoisotopic (exact) mass is 212 g/mol. The number of Topliss-reactive ketones (excluding diaryl/α,β-unsaturated/α-hetero) is 1. The van der Waals surface area contributed by atoms with Crippen molar-refractivity contribution in [3.8, 4) is 0 Å². The summed E-state index contributed by atoms with van der Waals surface area (Å²) in [6.07, 6.45) is 5.55. The number of ether oxygens (including phenoxy) is 1. The number of carbonyl (C=O) groups excluding carboxylic acids is 1. The highest BCUT2D eigenvalue weighted by Crippen LogP contribution is 2.30. The average molecular weight is 212 g/mol. The summed E-state index contributed by atoms with van der Waals surface area (Å²) in [7, 11) is 1.69. The molecule has 0 aromatic heterocycles. The Balaban J connectivity index is 2.32. The van der Waals surface area contributed by atoms with E-state index in [9.17, 15) is 4.79 Å². The second-order valence-electron chi connectivity index (χ2n) is 5.04. The second kappa shape index (κ2) is 6.26. The minimum atomic E-state index is 0.184. The van der Waals surface area contributed by atoms with E-state index in [4.69, 9.17) is 4.74 Å². The molecule has 0 heterocycles. The van der Waals surface area contributed by atoms with E-state index >= 15 is 0 Å². The van der Waals surface area contributed by atoms with Gasteiger partial charge in [-0.3, -0.25) is 4.79 Å². The molecule has 1 aliphatic rings. The lowest BCUT2D eigenvalue weighted by molar-refractivity contribution is -0.128. The third kappa shape index (κ3) is 3.94. The van der Waals surface area contributed by atoms with Crippen LogP contribution in [-0.2, 0) is 9.53 Å². The Morgan fingerprint density at radius 2 is 1.93 bits per heavy atom. The highest BCUT2D eigenvalue weighted by atomic mass is 16.5. The zero-order valence-corrected chi connectivity index (χ0v) is 10.3. The van der Waals surface area contributed by atoms with Crippen molar-refractivity contribution in [3.63, 3.8) is 0 Å². The molecule has 1 atom stereocenters. The molecule has 0 amide bonds. The maximum atomic E-state index is 12.1. The van der Waals surface area contributed by atoms with Crippen molar-refractivity contribution in [3.05, 3.63) is 0 Å². The Bertz CT molecular complexity index is 193. The normalized spacial score (nSPS) is 28.7. The van der Waals surface area contributed by atoms with Crippen molar-refractivity contribution in [2.24, 2.45) is 17.8 Å². The summed E-state index contributed by atoms with van der Waals surface area (Å²) in [6.45, 7) is 5.03. The molecule has 0 aliphatic heterocycles. The van der Waals surface area contributed by atoms with Crippen molar-refractivity contribution in [1.29, 1.82) is 0 Å². The molecule has 88 valence electrons. The zero-order valence-electron chi connectivity index (χ0n) is 10.3. The Morgan fingerprint density at radius 1 is 1.33 bits per heavy atom. The number of methoxy groups -OCH3 is 1. The van der Waals surface area contributed by atoms with Gasteiger partial charge in [0, 0.05) is 25.6 Å². The van der Waals surface area contributed by atoms with Gasteiger partial charge in [0.1, 0.15) is 5.78 Å². The molecule has 0 radical (unpaired) electrons. The smallest absolute Gasteiger partial charge is 0.138 e. The van der Waals surface area contributed by atoms with Crippen LogP contribution < -0.4 is 0 Å². The molecule has 2 nitrogen and oxygen atoms in total. The van der Waals surface area contributed by atoms with E-state index in [0.717, 1.165) is 25.2 Å². The first kappa shape index (κ1) is 12.7. The molecule has 0 saturated heterocycles. The number of hydrogen-bond donors (Lipinski definition) is 0. The fourth-order valence-electron chi connectivity index (χ4n) is 2.38. The predicted molar refractivity (Wildman–Crippen MR) is 61.8 cm³/mol. The van der Waals surface area contributed by atoms with Gasteiger partial charge in [-0.15, -0.1) is 0 Å². The molecule has 0 aromatic rings. The first-order chi connectivity index (χ1) is 7.15. The van der Waals surface area contributed by atoms with Crippen LogP contribution in [0.25, 0.3) is 0 Å². The van der Waals surface area contributed by atoms with Crippen molar-refractivity contribution in [2.75, 3.05) is 13.7 Å². The highest BCUT2D eigenvalue weighted by molar-refractivity contribution is 5.83. The summed E-state index contributed by atoms with van der Waals surface area (Å²) in [6, 6.07) is 0. The van der Waals surface area contributed by atoms with Crippen LogP contribution in [0.4, 0.5) is 0 Å². The van der Waals surface area contributed by atoms with E-state index in [1.165, 1.54) is 12.8 Å². The molecule has 1 rings (SSSR count). The maximum Gasteiger partial charge on any atom is 0.138 e. The molecular formula is C13H24O2. The standard InChI is InChI=1S/C13H24O2/c1-10-4-6-12(7-5-10)13(14)11(2)8-9-15-3/h10-12H,4-9H2,1-3H3. The minimum Gasteiger partial charge on any atom is -0.385 e. The molecule has 1 fully saturated rings. The highest BCUT2D eigenvalue weighted by Gasteiger charge is 2.27. The van der Waals surface area contributed by atoms with Crippen molar-refractivity contribution in [2.45, 2.75) is 46.0 Å². The SMILES string of the molecule is COCCC(C)C(=O)C1CCC(C)CC1. The molecular weight excluding hydrogens is 188 g/mol. The van der Waals surface area contributed by atoms with Crippen LogP contribution in [0.2, 0.25) is 0 Å². The molecule has 1 saturated carbocycles. The molecule has 2 heteroatoms. The first-order valence-electron chi connectivity index (χ1n) is 6.17. The lowest BCUT2D eigenvalue weighted by atomic mass is 9.78. The van der Waals surface area contributed by atoms with Crippen LogP contribution in [0.15, 0.2) is 0 Å². The van der Waals surface area contributed by atoms with Crippen molar-refractivity contribution in [1.82, 2.24) is 0 Å². The Kier molecular flexibility index (Phi) is 5.30. The molecule has 0 bridgehead atoms. The van der Waals surface area contributed by atoms with E-state index in [-0.39, 0.29) is 5.92 Å². The lowest BCUT2D eigenvalue weighted by Crippen LogP contribution is -2.26. The number of ketones is 1. The van der Waals surface area contributed by atoms with E-state index in [1.807, 2.05) is 6.92 Å². The summed E-state index contributed by atoms with van der Waals surface area (Å²) in [5.41, 5.74) is 0. The first-order valence-corrected chi connectivity index (χ1v) is 6.17. The summed E-state index contributed by atoms with van der Waals surface area (Å²) in [5.74, 6) is 1.82. The summed E-state index contributed by atoms with van der Waals surface area (Å²) in [5, 5.41) is 0.